The van der Waals surface area contributed by atoms with Crippen LogP contribution in [0.2, 0.25) is 0 Å². The smallest absolute Gasteiger partial charge is 0.290 e. The lowest BCUT2D eigenvalue weighted by Crippen LogP contribution is -2.38. The molecule has 4 N–H and O–H groups in total. The Bertz CT molecular complexity index is 1190. The summed E-state index contributed by atoms with van der Waals surface area (Å²) in [5.74, 6) is -0.614. The number of anilines is 2. The zero-order valence-electron chi connectivity index (χ0n) is 20.9. The molecule has 37 heavy (non-hydrogen) atoms. The molecule has 0 spiro atoms. The predicted octanol–water partition coefficient (Wildman–Crippen LogP) is 4.05. The number of aliphatic hydroxyl groups excluding tert-OH is 1. The van der Waals surface area contributed by atoms with Gasteiger partial charge in [-0.3, -0.25) is 4.79 Å². The van der Waals surface area contributed by atoms with Gasteiger partial charge in [-0.2, -0.15) is 0 Å². The topological polar surface area (TPSA) is 125 Å². The van der Waals surface area contributed by atoms with Crippen LogP contribution in [0.3, 0.4) is 0 Å². The van der Waals surface area contributed by atoms with Gasteiger partial charge in [0.25, 0.3) is 5.91 Å². The Morgan fingerprint density at radius 2 is 1.81 bits per heavy atom. The average molecular weight is 511 g/mol. The summed E-state index contributed by atoms with van der Waals surface area (Å²) in [6.45, 7) is 3.83. The van der Waals surface area contributed by atoms with Gasteiger partial charge < -0.3 is 39.5 Å². The normalized spacial score (nSPS) is 19.4. The Balaban J connectivity index is 1.59. The summed E-state index contributed by atoms with van der Waals surface area (Å²) in [5.41, 5.74) is 8.71. The van der Waals surface area contributed by atoms with Crippen molar-refractivity contribution in [2.24, 2.45) is 5.92 Å². The highest BCUT2D eigenvalue weighted by Gasteiger charge is 2.39. The van der Waals surface area contributed by atoms with E-state index < -0.39 is 12.2 Å². The number of para-hydroxylation sites is 3. The number of fused-ring (bicyclic) bond motifs is 1. The van der Waals surface area contributed by atoms with Crippen LogP contribution in [0, 0.1) is 5.92 Å². The lowest BCUT2D eigenvalue weighted by atomic mass is 9.81. The second kappa shape index (κ2) is 13.3. The molecule has 9 heteroatoms. The van der Waals surface area contributed by atoms with Crippen molar-refractivity contribution in [1.29, 1.82) is 0 Å². The van der Waals surface area contributed by atoms with Crippen LogP contribution in [-0.4, -0.2) is 56.9 Å². The molecule has 0 bridgehead atoms. The molecule has 0 saturated carbocycles. The number of rotatable bonds is 13. The number of hydrogen-bond acceptors (Lipinski definition) is 8. The number of nitrogens with one attached hydrogen (secondary N) is 1. The number of amides is 1. The van der Waals surface area contributed by atoms with Gasteiger partial charge in [0.1, 0.15) is 5.58 Å². The molecule has 1 aromatic heterocycles. The lowest BCUT2D eigenvalue weighted by Gasteiger charge is -2.36. The predicted molar refractivity (Wildman–Crippen MR) is 140 cm³/mol. The fourth-order valence-corrected chi connectivity index (χ4v) is 4.45. The third kappa shape index (κ3) is 6.69. The van der Waals surface area contributed by atoms with Crippen LogP contribution < -0.4 is 11.1 Å². The minimum absolute atomic E-state index is 0.0190. The molecule has 0 aliphatic carbocycles. The molecule has 0 saturated heterocycles. The van der Waals surface area contributed by atoms with Gasteiger partial charge in [0.05, 0.1) is 44.1 Å². The van der Waals surface area contributed by atoms with Crippen LogP contribution in [0.1, 0.15) is 24.8 Å². The van der Waals surface area contributed by atoms with Crippen molar-refractivity contribution in [3.8, 4) is 0 Å². The minimum Gasteiger partial charge on any atom is -0.464 e. The number of benzene rings is 2. The van der Waals surface area contributed by atoms with Gasteiger partial charge in [-0.25, -0.2) is 0 Å². The van der Waals surface area contributed by atoms with Crippen LogP contribution >= 0.6 is 0 Å². The van der Waals surface area contributed by atoms with E-state index in [1.54, 1.807) is 30.5 Å². The molecule has 4 rings (SSSR count). The lowest BCUT2D eigenvalue weighted by molar-refractivity contribution is -0.166. The Morgan fingerprint density at radius 1 is 1.05 bits per heavy atom. The summed E-state index contributed by atoms with van der Waals surface area (Å²) in [5, 5.41) is 12.6. The summed E-state index contributed by atoms with van der Waals surface area (Å²) in [6.07, 6.45) is 3.51. The van der Waals surface area contributed by atoms with E-state index >= 15 is 0 Å². The van der Waals surface area contributed by atoms with Crippen LogP contribution in [0.5, 0.6) is 0 Å². The first-order chi connectivity index (χ1) is 18.1. The zero-order chi connectivity index (χ0) is 26.0. The highest BCUT2D eigenvalue weighted by atomic mass is 16.7. The minimum atomic E-state index is -0.670. The largest absolute Gasteiger partial charge is 0.464 e. The molecule has 1 amide bonds. The van der Waals surface area contributed by atoms with Crippen molar-refractivity contribution in [3.63, 3.8) is 0 Å². The van der Waals surface area contributed by atoms with Crippen molar-refractivity contribution in [2.75, 3.05) is 50.7 Å². The van der Waals surface area contributed by atoms with Crippen molar-refractivity contribution in [1.82, 2.24) is 0 Å². The number of allylic oxidation sites excluding steroid dienone is 1. The van der Waals surface area contributed by atoms with Crippen molar-refractivity contribution < 1.29 is 33.3 Å². The number of carbonyl (C=O) groups excluding carboxylic acids is 1. The van der Waals surface area contributed by atoms with Crippen LogP contribution in [0.25, 0.3) is 11.0 Å². The molecule has 2 heterocycles. The fraction of sp³-hybridized carbons (Fsp3) is 0.393. The maximum Gasteiger partial charge on any atom is 0.290 e. The zero-order valence-corrected chi connectivity index (χ0v) is 20.9. The van der Waals surface area contributed by atoms with E-state index in [0.717, 1.165) is 16.5 Å². The van der Waals surface area contributed by atoms with Crippen LogP contribution in [-0.2, 0) is 23.7 Å². The van der Waals surface area contributed by atoms with E-state index in [0.29, 0.717) is 44.2 Å². The van der Waals surface area contributed by atoms with E-state index in [9.17, 15) is 4.79 Å². The molecule has 2 aromatic carbocycles. The highest BCUT2D eigenvalue weighted by Crippen LogP contribution is 2.42. The Kier molecular flexibility index (Phi) is 9.56. The first-order valence-electron chi connectivity index (χ1n) is 12.5. The number of furan rings is 1. The molecule has 1 aliphatic rings. The van der Waals surface area contributed by atoms with E-state index in [1.165, 1.54) is 0 Å². The van der Waals surface area contributed by atoms with Crippen molar-refractivity contribution in [3.05, 3.63) is 72.2 Å². The van der Waals surface area contributed by atoms with E-state index in [1.807, 2.05) is 37.3 Å². The van der Waals surface area contributed by atoms with Crippen molar-refractivity contribution >= 4 is 28.3 Å². The third-order valence-electron chi connectivity index (χ3n) is 6.22. The van der Waals surface area contributed by atoms with Gasteiger partial charge in [0.2, 0.25) is 6.29 Å². The molecular formula is C28H34N2O7. The number of ether oxygens (including phenoxy) is 4. The van der Waals surface area contributed by atoms with Gasteiger partial charge in [-0.15, -0.1) is 0 Å². The van der Waals surface area contributed by atoms with Gasteiger partial charge in [-0.05, 0) is 37.6 Å². The second-order valence-electron chi connectivity index (χ2n) is 8.63. The quantitative estimate of drug-likeness (QED) is 0.232. The van der Waals surface area contributed by atoms with Gasteiger partial charge >= 0.3 is 0 Å². The molecule has 3 aromatic rings. The number of aliphatic hydroxyl groups is 1. The van der Waals surface area contributed by atoms with Gasteiger partial charge in [-0.1, -0.05) is 30.3 Å². The third-order valence-corrected chi connectivity index (χ3v) is 6.22. The molecule has 1 aliphatic heterocycles. The first-order valence-corrected chi connectivity index (χ1v) is 12.5. The number of nitrogen functional groups attached to an aromatic ring is 1. The van der Waals surface area contributed by atoms with E-state index in [-0.39, 0.29) is 30.8 Å². The monoisotopic (exact) mass is 510 g/mol. The van der Waals surface area contributed by atoms with Crippen LogP contribution in [0.15, 0.2) is 71.0 Å². The summed E-state index contributed by atoms with van der Waals surface area (Å²) in [4.78, 5) is 13.2. The van der Waals surface area contributed by atoms with E-state index in [2.05, 4.69) is 5.32 Å². The van der Waals surface area contributed by atoms with E-state index in [4.69, 9.17) is 34.2 Å². The summed E-state index contributed by atoms with van der Waals surface area (Å²) >= 11 is 0. The molecule has 198 valence electrons. The van der Waals surface area contributed by atoms with Gasteiger partial charge in [0, 0.05) is 36.0 Å². The average Bonchev–Trinajstić information content (AvgIpc) is 3.34. The molecular weight excluding hydrogens is 476 g/mol. The molecule has 3 atom stereocenters. The van der Waals surface area contributed by atoms with Crippen LogP contribution in [0.4, 0.5) is 11.4 Å². The fourth-order valence-electron chi connectivity index (χ4n) is 4.45. The summed E-state index contributed by atoms with van der Waals surface area (Å²) in [6, 6.07) is 14.9. The molecule has 0 unspecified atom stereocenters. The Labute approximate surface area is 216 Å². The SMILES string of the molecule is CCO[C@H]1OC(C(=O)Nc2ccccc2N)=C[C@@H](c2coc3ccccc23)[C@H]1CCOCCOCCO. The maximum absolute atomic E-state index is 13.2. The second-order valence-corrected chi connectivity index (χ2v) is 8.63. The summed E-state index contributed by atoms with van der Waals surface area (Å²) in [7, 11) is 0. The van der Waals surface area contributed by atoms with Gasteiger partial charge in [0.15, 0.2) is 5.76 Å². The number of hydrogen-bond donors (Lipinski definition) is 3. The number of nitrogens with two attached hydrogens (primary N) is 1. The highest BCUT2D eigenvalue weighted by molar-refractivity contribution is 6.04. The summed E-state index contributed by atoms with van der Waals surface area (Å²) < 4.78 is 29.0. The Morgan fingerprint density at radius 3 is 2.59 bits per heavy atom. The molecule has 0 radical (unpaired) electrons. The first kappa shape index (κ1) is 26.7. The standard InChI is InChI=1S/C28H34N2O7/c1-2-35-28-20(11-13-33-15-16-34-14-12-31)21(22-18-36-25-10-6-3-7-19(22)25)17-26(37-28)27(32)30-24-9-5-4-8-23(24)29/h3-10,17-18,20-21,28,31H,2,11-16,29H2,1H3,(H,30,32)/t20-,21-,28+/m1/s1. The molecule has 9 nitrogen and oxygen atoms in total. The number of carbonyl (C=O) groups is 1. The maximum atomic E-state index is 13.2. The van der Waals surface area contributed by atoms with Crippen molar-refractivity contribution in [2.45, 2.75) is 25.6 Å². The Hall–Kier alpha value is -3.37. The molecule has 0 fully saturated rings.